The molecule has 0 bridgehead atoms. The average molecular weight is 295 g/mol. The van der Waals surface area contributed by atoms with Crippen LogP contribution in [0, 0.1) is 13.8 Å². The summed E-state index contributed by atoms with van der Waals surface area (Å²) in [4.78, 5) is 16.5. The summed E-state index contributed by atoms with van der Waals surface area (Å²) in [7, 11) is 0. The van der Waals surface area contributed by atoms with Crippen molar-refractivity contribution < 1.29 is 14.4 Å². The Balaban J connectivity index is 1.70. The Kier molecular flexibility index (Phi) is 3.92. The summed E-state index contributed by atoms with van der Waals surface area (Å²) >= 11 is 0. The number of nitrogens with zero attached hydrogens (tertiary/aromatic N) is 1. The van der Waals surface area contributed by atoms with Crippen molar-refractivity contribution in [2.45, 2.75) is 26.7 Å². The molecule has 3 rings (SSSR count). The van der Waals surface area contributed by atoms with Crippen molar-refractivity contribution >= 4 is 11.9 Å². The summed E-state index contributed by atoms with van der Waals surface area (Å²) in [6, 6.07) is 13.1. The van der Waals surface area contributed by atoms with Crippen molar-refractivity contribution in [3.05, 3.63) is 64.7 Å². The minimum atomic E-state index is -0.823. The van der Waals surface area contributed by atoms with E-state index in [0.717, 1.165) is 24.1 Å². The minimum absolute atomic E-state index is 0.436. The number of hydrogen-bond donors (Lipinski definition) is 0. The van der Waals surface area contributed by atoms with Crippen LogP contribution in [0.25, 0.3) is 0 Å². The lowest BCUT2D eigenvalue weighted by atomic mass is 10.0. The van der Waals surface area contributed by atoms with Crippen LogP contribution < -0.4 is 4.74 Å². The fourth-order valence-electron chi connectivity index (χ4n) is 2.53. The second-order valence-electron chi connectivity index (χ2n) is 5.39. The van der Waals surface area contributed by atoms with Gasteiger partial charge in [0.05, 0.1) is 5.71 Å². The summed E-state index contributed by atoms with van der Waals surface area (Å²) in [6.07, 6.45) is 0.874. The first kappa shape index (κ1) is 14.3. The highest BCUT2D eigenvalue weighted by Crippen LogP contribution is 2.26. The van der Waals surface area contributed by atoms with Gasteiger partial charge in [-0.2, -0.15) is 0 Å². The van der Waals surface area contributed by atoms with Crippen LogP contribution in [0.4, 0.5) is 4.79 Å². The van der Waals surface area contributed by atoms with Crippen molar-refractivity contribution in [1.82, 2.24) is 0 Å². The molecule has 4 heteroatoms. The van der Waals surface area contributed by atoms with E-state index in [9.17, 15) is 4.79 Å². The molecule has 1 aliphatic rings. The van der Waals surface area contributed by atoms with Crippen molar-refractivity contribution in [2.24, 2.45) is 5.16 Å². The molecule has 1 aliphatic carbocycles. The van der Waals surface area contributed by atoms with Crippen LogP contribution in [0.5, 0.6) is 5.75 Å². The van der Waals surface area contributed by atoms with E-state index in [1.54, 1.807) is 24.3 Å². The van der Waals surface area contributed by atoms with E-state index >= 15 is 0 Å². The molecule has 0 radical (unpaired) electrons. The molecule has 0 saturated carbocycles. The molecule has 0 amide bonds. The van der Waals surface area contributed by atoms with Crippen LogP contribution in [-0.4, -0.2) is 11.9 Å². The fraction of sp³-hybridized carbons (Fsp3) is 0.222. The van der Waals surface area contributed by atoms with Gasteiger partial charge in [-0.25, -0.2) is 4.79 Å². The number of hydrogen-bond acceptors (Lipinski definition) is 4. The van der Waals surface area contributed by atoms with Crippen LogP contribution in [-0.2, 0) is 11.3 Å². The summed E-state index contributed by atoms with van der Waals surface area (Å²) in [6.45, 7) is 4.16. The number of ether oxygens (including phenoxy) is 1. The lowest BCUT2D eigenvalue weighted by Crippen LogP contribution is -2.09. The van der Waals surface area contributed by atoms with Gasteiger partial charge in [-0.1, -0.05) is 29.4 Å². The molecule has 0 N–H and O–H groups in total. The quantitative estimate of drug-likeness (QED) is 0.361. The SMILES string of the molecule is Cc1cc2c(cc1C)/C(=N/OC(=O)Oc1ccccc1)CC2. The highest BCUT2D eigenvalue weighted by molar-refractivity contribution is 6.04. The minimum Gasteiger partial charge on any atom is -0.393 e. The fourth-order valence-corrected chi connectivity index (χ4v) is 2.53. The highest BCUT2D eigenvalue weighted by Gasteiger charge is 2.20. The third-order valence-corrected chi connectivity index (χ3v) is 3.84. The Morgan fingerprint density at radius 3 is 2.55 bits per heavy atom. The Hall–Kier alpha value is -2.62. The maximum absolute atomic E-state index is 11.7. The average Bonchev–Trinajstić information content (AvgIpc) is 2.89. The van der Waals surface area contributed by atoms with Crippen molar-refractivity contribution in [2.75, 3.05) is 0 Å². The molecule has 0 heterocycles. The van der Waals surface area contributed by atoms with E-state index < -0.39 is 6.16 Å². The zero-order chi connectivity index (χ0) is 15.5. The molecule has 0 atom stereocenters. The summed E-state index contributed by atoms with van der Waals surface area (Å²) < 4.78 is 5.04. The molecule has 4 nitrogen and oxygen atoms in total. The standard InChI is InChI=1S/C18H17NO3/c1-12-10-14-8-9-17(16(14)11-13(12)2)19-22-18(20)21-15-6-4-3-5-7-15/h3-7,10-11H,8-9H2,1-2H3/b19-17+. The van der Waals surface area contributed by atoms with Gasteiger partial charge in [-0.15, -0.1) is 0 Å². The molecule has 0 spiro atoms. The van der Waals surface area contributed by atoms with Gasteiger partial charge in [-0.3, -0.25) is 4.84 Å². The molecule has 0 aromatic heterocycles. The molecule has 0 saturated heterocycles. The van der Waals surface area contributed by atoms with E-state index in [4.69, 9.17) is 9.57 Å². The predicted octanol–water partition coefficient (Wildman–Crippen LogP) is 4.17. The maximum Gasteiger partial charge on any atom is 0.540 e. The van der Waals surface area contributed by atoms with E-state index in [1.165, 1.54) is 16.7 Å². The van der Waals surface area contributed by atoms with Crippen molar-refractivity contribution in [1.29, 1.82) is 0 Å². The number of benzene rings is 2. The second kappa shape index (κ2) is 6.02. The van der Waals surface area contributed by atoms with Gasteiger partial charge in [0.2, 0.25) is 0 Å². The van der Waals surface area contributed by atoms with Crippen LogP contribution in [0.15, 0.2) is 47.6 Å². The first-order valence-electron chi connectivity index (χ1n) is 7.25. The summed E-state index contributed by atoms with van der Waals surface area (Å²) in [5.74, 6) is 0.436. The van der Waals surface area contributed by atoms with E-state index in [-0.39, 0.29) is 0 Å². The van der Waals surface area contributed by atoms with Crippen molar-refractivity contribution in [3.8, 4) is 5.75 Å². The zero-order valence-corrected chi connectivity index (χ0v) is 12.6. The number of fused-ring (bicyclic) bond motifs is 1. The Labute approximate surface area is 129 Å². The topological polar surface area (TPSA) is 47.9 Å². The largest absolute Gasteiger partial charge is 0.540 e. The molecule has 0 fully saturated rings. The first-order valence-corrected chi connectivity index (χ1v) is 7.25. The Bertz CT molecular complexity index is 735. The first-order chi connectivity index (χ1) is 10.6. The number of aryl methyl sites for hydroxylation is 3. The third kappa shape index (κ3) is 3.01. The highest BCUT2D eigenvalue weighted by atomic mass is 16.8. The van der Waals surface area contributed by atoms with Gasteiger partial charge in [-0.05, 0) is 61.6 Å². The molecule has 2 aromatic carbocycles. The van der Waals surface area contributed by atoms with Gasteiger partial charge >= 0.3 is 6.16 Å². The van der Waals surface area contributed by atoms with Crippen LogP contribution in [0.2, 0.25) is 0 Å². The third-order valence-electron chi connectivity index (χ3n) is 3.84. The lowest BCUT2D eigenvalue weighted by molar-refractivity contribution is 0.102. The Morgan fingerprint density at radius 1 is 1.05 bits per heavy atom. The number of carbonyl (C=O) groups excluding carboxylic acids is 1. The summed E-state index contributed by atoms with van der Waals surface area (Å²) in [5, 5.41) is 3.97. The van der Waals surface area contributed by atoms with Gasteiger partial charge < -0.3 is 4.74 Å². The van der Waals surface area contributed by atoms with Gasteiger partial charge in [0.1, 0.15) is 5.75 Å². The maximum atomic E-state index is 11.7. The van der Waals surface area contributed by atoms with Crippen LogP contribution in [0.1, 0.15) is 28.7 Å². The van der Waals surface area contributed by atoms with E-state index in [1.807, 2.05) is 6.07 Å². The van der Waals surface area contributed by atoms with Crippen molar-refractivity contribution in [3.63, 3.8) is 0 Å². The lowest BCUT2D eigenvalue weighted by Gasteiger charge is -2.05. The number of para-hydroxylation sites is 1. The van der Waals surface area contributed by atoms with E-state index in [2.05, 4.69) is 31.1 Å². The number of oxime groups is 1. The molecule has 2 aromatic rings. The van der Waals surface area contributed by atoms with Crippen LogP contribution in [0.3, 0.4) is 0 Å². The molecular formula is C18H17NO3. The van der Waals surface area contributed by atoms with Gasteiger partial charge in [0.25, 0.3) is 0 Å². The van der Waals surface area contributed by atoms with E-state index in [0.29, 0.717) is 5.75 Å². The second-order valence-corrected chi connectivity index (χ2v) is 5.39. The normalized spacial score (nSPS) is 14.7. The molecule has 112 valence electrons. The van der Waals surface area contributed by atoms with Gasteiger partial charge in [0.15, 0.2) is 0 Å². The molecule has 22 heavy (non-hydrogen) atoms. The smallest absolute Gasteiger partial charge is 0.393 e. The Morgan fingerprint density at radius 2 is 1.77 bits per heavy atom. The van der Waals surface area contributed by atoms with Crippen LogP contribution >= 0.6 is 0 Å². The zero-order valence-electron chi connectivity index (χ0n) is 12.6. The number of rotatable bonds is 2. The monoisotopic (exact) mass is 295 g/mol. The number of carbonyl (C=O) groups is 1. The predicted molar refractivity (Wildman–Crippen MR) is 84.3 cm³/mol. The molecular weight excluding hydrogens is 278 g/mol. The summed E-state index contributed by atoms with van der Waals surface area (Å²) in [5.41, 5.74) is 5.59. The molecule has 0 unspecified atom stereocenters. The van der Waals surface area contributed by atoms with Gasteiger partial charge in [0, 0.05) is 5.56 Å². The molecule has 0 aliphatic heterocycles.